The van der Waals surface area contributed by atoms with E-state index in [1.807, 2.05) is 0 Å². The van der Waals surface area contributed by atoms with E-state index in [0.717, 1.165) is 4.91 Å². The minimum Gasteiger partial charge on any atom is -0.0844 e. The lowest BCUT2D eigenvalue weighted by atomic mass is 9.87. The third-order valence-electron chi connectivity index (χ3n) is 2.57. The van der Waals surface area contributed by atoms with Crippen molar-refractivity contribution in [3.63, 3.8) is 0 Å². The predicted molar refractivity (Wildman–Crippen MR) is 77.4 cm³/mol. The highest BCUT2D eigenvalue weighted by atomic mass is 33.1. The number of hydrogen-bond donors (Lipinski definition) is 0. The molecular formula is C14H16S2. The summed E-state index contributed by atoms with van der Waals surface area (Å²) in [5.41, 5.74) is 2.91. The van der Waals surface area contributed by atoms with Crippen LogP contribution in [-0.4, -0.2) is 0 Å². The van der Waals surface area contributed by atoms with Gasteiger partial charge >= 0.3 is 0 Å². The summed E-state index contributed by atoms with van der Waals surface area (Å²) in [6, 6.07) is 8.86. The molecule has 0 aromatic heterocycles. The fraction of sp³-hybridized carbons (Fsp3) is 0.286. The van der Waals surface area contributed by atoms with Crippen LogP contribution in [0.5, 0.6) is 0 Å². The molecule has 1 aliphatic rings. The second-order valence-corrected chi connectivity index (χ2v) is 7.27. The van der Waals surface area contributed by atoms with Crippen molar-refractivity contribution in [2.24, 2.45) is 0 Å². The van der Waals surface area contributed by atoms with E-state index in [1.165, 1.54) is 16.0 Å². The van der Waals surface area contributed by atoms with Gasteiger partial charge in [0.1, 0.15) is 0 Å². The molecule has 0 unspecified atom stereocenters. The van der Waals surface area contributed by atoms with Crippen LogP contribution in [0.15, 0.2) is 41.8 Å². The summed E-state index contributed by atoms with van der Waals surface area (Å²) >= 11 is 0. The lowest BCUT2D eigenvalue weighted by molar-refractivity contribution is 0.590. The van der Waals surface area contributed by atoms with Crippen LogP contribution in [0, 0.1) is 0 Å². The van der Waals surface area contributed by atoms with Crippen LogP contribution >= 0.6 is 21.6 Å². The molecular weight excluding hydrogens is 232 g/mol. The highest BCUT2D eigenvalue weighted by Gasteiger charge is 2.15. The zero-order chi connectivity index (χ0) is 11.8. The molecule has 0 spiro atoms. The summed E-state index contributed by atoms with van der Waals surface area (Å²) in [6.45, 7) is 10.7. The molecule has 0 saturated heterocycles. The molecule has 0 radical (unpaired) electrons. The zero-order valence-electron chi connectivity index (χ0n) is 9.91. The van der Waals surface area contributed by atoms with Gasteiger partial charge in [0.05, 0.1) is 0 Å². The van der Waals surface area contributed by atoms with Gasteiger partial charge in [0, 0.05) is 9.81 Å². The maximum absolute atomic E-state index is 3.95. The van der Waals surface area contributed by atoms with Crippen LogP contribution < -0.4 is 0 Å². The standard InChI is InChI=1S/C14H16S2/c1-10-9-13(16-15-10)11-5-7-12(8-6-11)14(2,3)4/h5-9H,1H2,2-4H3. The summed E-state index contributed by atoms with van der Waals surface area (Å²) in [4.78, 5) is 2.45. The number of hydrogen-bond acceptors (Lipinski definition) is 2. The Morgan fingerprint density at radius 2 is 1.62 bits per heavy atom. The van der Waals surface area contributed by atoms with Gasteiger partial charge in [-0.3, -0.25) is 0 Å². The molecule has 1 heterocycles. The quantitative estimate of drug-likeness (QED) is 0.624. The van der Waals surface area contributed by atoms with E-state index in [-0.39, 0.29) is 5.41 Å². The van der Waals surface area contributed by atoms with Gasteiger partial charge in [-0.05, 0) is 22.6 Å². The molecule has 2 rings (SSSR count). The van der Waals surface area contributed by atoms with Crippen LogP contribution in [0.3, 0.4) is 0 Å². The molecule has 0 nitrogen and oxygen atoms in total. The lowest BCUT2D eigenvalue weighted by Crippen LogP contribution is -2.10. The Labute approximate surface area is 106 Å². The Hall–Kier alpha value is -0.600. The van der Waals surface area contributed by atoms with Crippen molar-refractivity contribution in [2.45, 2.75) is 26.2 Å². The van der Waals surface area contributed by atoms with E-state index in [0.29, 0.717) is 0 Å². The Balaban J connectivity index is 2.27. The van der Waals surface area contributed by atoms with E-state index in [4.69, 9.17) is 0 Å². The summed E-state index contributed by atoms with van der Waals surface area (Å²) in [5, 5.41) is 0. The first-order chi connectivity index (χ1) is 7.47. The van der Waals surface area contributed by atoms with Crippen molar-refractivity contribution < 1.29 is 0 Å². The number of allylic oxidation sites excluding steroid dienone is 1. The second kappa shape index (κ2) is 4.34. The van der Waals surface area contributed by atoms with Gasteiger partial charge in [0.25, 0.3) is 0 Å². The monoisotopic (exact) mass is 248 g/mol. The van der Waals surface area contributed by atoms with E-state index in [2.05, 4.69) is 57.7 Å². The van der Waals surface area contributed by atoms with Gasteiger partial charge in [-0.15, -0.1) is 0 Å². The van der Waals surface area contributed by atoms with Gasteiger partial charge < -0.3 is 0 Å². The first-order valence-corrected chi connectivity index (χ1v) is 7.48. The fourth-order valence-electron chi connectivity index (χ4n) is 1.56. The average molecular weight is 248 g/mol. The van der Waals surface area contributed by atoms with Gasteiger partial charge in [0.15, 0.2) is 0 Å². The fourth-order valence-corrected chi connectivity index (χ4v) is 3.59. The molecule has 0 atom stereocenters. The highest BCUT2D eigenvalue weighted by Crippen LogP contribution is 2.48. The number of rotatable bonds is 1. The summed E-state index contributed by atoms with van der Waals surface area (Å²) in [6.07, 6.45) is 2.15. The number of benzene rings is 1. The van der Waals surface area contributed by atoms with Crippen molar-refractivity contribution in [1.82, 2.24) is 0 Å². The molecule has 2 heteroatoms. The maximum atomic E-state index is 3.95. The normalized spacial score (nSPS) is 16.4. The summed E-state index contributed by atoms with van der Waals surface area (Å²) < 4.78 is 0. The van der Waals surface area contributed by atoms with Gasteiger partial charge in [0.2, 0.25) is 0 Å². The minimum absolute atomic E-state index is 0.230. The maximum Gasteiger partial charge on any atom is 0.0269 e. The van der Waals surface area contributed by atoms with E-state index < -0.39 is 0 Å². The molecule has 0 amide bonds. The first-order valence-electron chi connectivity index (χ1n) is 5.33. The molecule has 0 aliphatic carbocycles. The summed E-state index contributed by atoms with van der Waals surface area (Å²) in [5.74, 6) is 0. The molecule has 16 heavy (non-hydrogen) atoms. The van der Waals surface area contributed by atoms with Crippen LogP contribution in [0.1, 0.15) is 31.9 Å². The Morgan fingerprint density at radius 3 is 2.06 bits per heavy atom. The van der Waals surface area contributed by atoms with Gasteiger partial charge in [-0.2, -0.15) is 0 Å². The third kappa shape index (κ3) is 2.55. The SMILES string of the molecule is C=C1C=C(c2ccc(C(C)(C)C)cc2)SS1. The molecule has 0 bridgehead atoms. The van der Waals surface area contributed by atoms with Gasteiger partial charge in [-0.25, -0.2) is 0 Å². The van der Waals surface area contributed by atoms with E-state index in [1.54, 1.807) is 21.6 Å². The Bertz CT molecular complexity index is 433. The Morgan fingerprint density at radius 1 is 1.00 bits per heavy atom. The summed E-state index contributed by atoms with van der Waals surface area (Å²) in [7, 11) is 3.53. The molecule has 84 valence electrons. The van der Waals surface area contributed by atoms with E-state index >= 15 is 0 Å². The largest absolute Gasteiger partial charge is 0.0844 e. The van der Waals surface area contributed by atoms with E-state index in [9.17, 15) is 0 Å². The lowest BCUT2D eigenvalue weighted by Gasteiger charge is -2.19. The van der Waals surface area contributed by atoms with Crippen molar-refractivity contribution >= 4 is 26.5 Å². The third-order valence-corrected chi connectivity index (χ3v) is 4.95. The zero-order valence-corrected chi connectivity index (χ0v) is 11.5. The first kappa shape index (κ1) is 11.9. The van der Waals surface area contributed by atoms with Crippen LogP contribution in [0.25, 0.3) is 4.91 Å². The molecule has 0 N–H and O–H groups in total. The van der Waals surface area contributed by atoms with Crippen molar-refractivity contribution in [3.8, 4) is 0 Å². The molecule has 0 fully saturated rings. The van der Waals surface area contributed by atoms with Crippen LogP contribution in [0.2, 0.25) is 0 Å². The molecule has 1 aromatic rings. The molecule has 1 aromatic carbocycles. The van der Waals surface area contributed by atoms with Crippen LogP contribution in [-0.2, 0) is 5.41 Å². The van der Waals surface area contributed by atoms with Crippen molar-refractivity contribution in [3.05, 3.63) is 53.0 Å². The highest BCUT2D eigenvalue weighted by molar-refractivity contribution is 8.82. The minimum atomic E-state index is 0.230. The van der Waals surface area contributed by atoms with Crippen molar-refractivity contribution in [2.75, 3.05) is 0 Å². The van der Waals surface area contributed by atoms with Crippen LogP contribution in [0.4, 0.5) is 0 Å². The smallest absolute Gasteiger partial charge is 0.0269 e. The molecule has 1 aliphatic heterocycles. The average Bonchev–Trinajstić information content (AvgIpc) is 2.64. The van der Waals surface area contributed by atoms with Gasteiger partial charge in [-0.1, -0.05) is 73.2 Å². The van der Waals surface area contributed by atoms with Crippen molar-refractivity contribution in [1.29, 1.82) is 0 Å². The second-order valence-electron chi connectivity index (χ2n) is 4.97. The Kier molecular flexibility index (Phi) is 3.22. The topological polar surface area (TPSA) is 0 Å². The molecule has 0 saturated carbocycles. The predicted octanol–water partition coefficient (Wildman–Crippen LogP) is 5.23.